The predicted molar refractivity (Wildman–Crippen MR) is 78.2 cm³/mol. The highest BCUT2D eigenvalue weighted by atomic mass is 32.2. The largest absolute Gasteiger partial charge is 0.447 e. The molecule has 0 saturated carbocycles. The van der Waals surface area contributed by atoms with Gasteiger partial charge >= 0.3 is 0 Å². The van der Waals surface area contributed by atoms with Gasteiger partial charge in [0.05, 0.1) is 12.2 Å². The number of nitrogens with one attached hydrogen (secondary N) is 2. The third kappa shape index (κ3) is 3.34. The highest BCUT2D eigenvalue weighted by molar-refractivity contribution is 7.89. The van der Waals surface area contributed by atoms with Crippen molar-refractivity contribution in [3.63, 3.8) is 0 Å². The van der Waals surface area contributed by atoms with Crippen molar-refractivity contribution in [1.29, 1.82) is 0 Å². The van der Waals surface area contributed by atoms with Crippen LogP contribution in [0.25, 0.3) is 0 Å². The molecule has 8 heteroatoms. The molecule has 0 aliphatic rings. The molecule has 2 heterocycles. The van der Waals surface area contributed by atoms with Crippen molar-refractivity contribution < 1.29 is 12.8 Å². The zero-order valence-corrected chi connectivity index (χ0v) is 13.4. The van der Waals surface area contributed by atoms with E-state index in [1.165, 1.54) is 6.07 Å². The minimum Gasteiger partial charge on any atom is -0.447 e. The predicted octanol–water partition coefficient (Wildman–Crippen LogP) is 0.828. The third-order valence-electron chi connectivity index (χ3n) is 3.35. The average Bonchev–Trinajstić information content (AvgIpc) is 2.96. The van der Waals surface area contributed by atoms with Gasteiger partial charge in [-0.1, -0.05) is 0 Å². The first-order valence-electron chi connectivity index (χ1n) is 6.57. The Hall–Kier alpha value is -1.64. The summed E-state index contributed by atoms with van der Waals surface area (Å²) in [5.41, 5.74) is 2.63. The molecule has 21 heavy (non-hydrogen) atoms. The van der Waals surface area contributed by atoms with Crippen LogP contribution in [-0.2, 0) is 30.2 Å². The van der Waals surface area contributed by atoms with Crippen molar-refractivity contribution in [2.75, 3.05) is 7.05 Å². The molecule has 116 valence electrons. The number of hydrogen-bond donors (Lipinski definition) is 2. The van der Waals surface area contributed by atoms with Crippen LogP contribution in [0, 0.1) is 13.8 Å². The Balaban J connectivity index is 2.13. The van der Waals surface area contributed by atoms with E-state index < -0.39 is 10.0 Å². The fourth-order valence-corrected chi connectivity index (χ4v) is 3.02. The van der Waals surface area contributed by atoms with E-state index in [-0.39, 0.29) is 11.6 Å². The smallest absolute Gasteiger partial charge is 0.274 e. The molecule has 2 N–H and O–H groups in total. The lowest BCUT2D eigenvalue weighted by Gasteiger charge is -2.05. The zero-order chi connectivity index (χ0) is 15.6. The fourth-order valence-electron chi connectivity index (χ4n) is 2.08. The van der Waals surface area contributed by atoms with Gasteiger partial charge in [0.15, 0.2) is 0 Å². The van der Waals surface area contributed by atoms with Gasteiger partial charge in [0.25, 0.3) is 10.0 Å². The van der Waals surface area contributed by atoms with E-state index in [2.05, 4.69) is 15.1 Å². The Bertz CT molecular complexity index is 731. The van der Waals surface area contributed by atoms with E-state index in [1.807, 2.05) is 20.9 Å². The topological polar surface area (TPSA) is 89.2 Å². The van der Waals surface area contributed by atoms with Gasteiger partial charge in [0.1, 0.15) is 5.76 Å². The van der Waals surface area contributed by atoms with Crippen LogP contribution in [0.2, 0.25) is 0 Å². The highest BCUT2D eigenvalue weighted by Gasteiger charge is 2.20. The van der Waals surface area contributed by atoms with Gasteiger partial charge in [-0.2, -0.15) is 5.10 Å². The Morgan fingerprint density at radius 1 is 1.29 bits per heavy atom. The van der Waals surface area contributed by atoms with E-state index in [1.54, 1.807) is 17.8 Å². The molecular formula is C13H20N4O3S. The van der Waals surface area contributed by atoms with Crippen LogP contribution in [0.1, 0.15) is 22.7 Å². The van der Waals surface area contributed by atoms with Crippen LogP contribution >= 0.6 is 0 Å². The first kappa shape index (κ1) is 15.7. The summed E-state index contributed by atoms with van der Waals surface area (Å²) < 4.78 is 34.0. The second kappa shape index (κ2) is 6.00. The summed E-state index contributed by atoms with van der Waals surface area (Å²) in [5, 5.41) is 7.09. The van der Waals surface area contributed by atoms with E-state index in [4.69, 9.17) is 4.42 Å². The van der Waals surface area contributed by atoms with Crippen LogP contribution in [0.15, 0.2) is 21.6 Å². The molecule has 0 saturated heterocycles. The van der Waals surface area contributed by atoms with E-state index >= 15 is 0 Å². The van der Waals surface area contributed by atoms with Gasteiger partial charge < -0.3 is 9.73 Å². The zero-order valence-electron chi connectivity index (χ0n) is 12.6. The number of aryl methyl sites for hydroxylation is 2. The van der Waals surface area contributed by atoms with E-state index in [0.717, 1.165) is 17.0 Å². The summed E-state index contributed by atoms with van der Waals surface area (Å²) in [6.07, 6.45) is 0. The van der Waals surface area contributed by atoms with Crippen LogP contribution in [0.5, 0.6) is 0 Å². The molecule has 0 aliphatic heterocycles. The lowest BCUT2D eigenvalue weighted by molar-refractivity contribution is 0.404. The average molecular weight is 312 g/mol. The molecule has 0 aromatic carbocycles. The van der Waals surface area contributed by atoms with Gasteiger partial charge in [-0.05, 0) is 33.0 Å². The normalized spacial score (nSPS) is 12.0. The molecule has 0 aliphatic carbocycles. The summed E-state index contributed by atoms with van der Waals surface area (Å²) in [4.78, 5) is 0. The second-order valence-corrected chi connectivity index (χ2v) is 6.55. The quantitative estimate of drug-likeness (QED) is 0.824. The number of furan rings is 1. The first-order valence-corrected chi connectivity index (χ1v) is 8.05. The Kier molecular flexibility index (Phi) is 4.50. The summed E-state index contributed by atoms with van der Waals surface area (Å²) in [6.45, 7) is 4.43. The maximum absolute atomic E-state index is 12.2. The summed E-state index contributed by atoms with van der Waals surface area (Å²) in [5.74, 6) is 0.576. The molecule has 0 amide bonds. The maximum Gasteiger partial charge on any atom is 0.274 e. The highest BCUT2D eigenvalue weighted by Crippen LogP contribution is 2.16. The SMILES string of the molecule is CNCc1ccc(S(=O)(=O)NCc2c(C)nn(C)c2C)o1. The van der Waals surface area contributed by atoms with Crippen molar-refractivity contribution in [2.45, 2.75) is 32.0 Å². The fraction of sp³-hybridized carbons (Fsp3) is 0.462. The number of sulfonamides is 1. The number of hydrogen-bond acceptors (Lipinski definition) is 5. The monoisotopic (exact) mass is 312 g/mol. The van der Waals surface area contributed by atoms with Crippen molar-refractivity contribution >= 4 is 10.0 Å². The molecular weight excluding hydrogens is 292 g/mol. The molecule has 2 rings (SSSR count). The van der Waals surface area contributed by atoms with Gasteiger partial charge in [0, 0.05) is 24.8 Å². The Labute approximate surface area is 124 Å². The lowest BCUT2D eigenvalue weighted by Crippen LogP contribution is -2.23. The molecule has 0 radical (unpaired) electrons. The second-order valence-electron chi connectivity index (χ2n) is 4.85. The van der Waals surface area contributed by atoms with Gasteiger partial charge in [-0.15, -0.1) is 0 Å². The summed E-state index contributed by atoms with van der Waals surface area (Å²) in [7, 11) is -0.0647. The molecule has 0 unspecified atom stereocenters. The maximum atomic E-state index is 12.2. The van der Waals surface area contributed by atoms with Gasteiger partial charge in [-0.25, -0.2) is 13.1 Å². The standard InChI is InChI=1S/C13H20N4O3S/c1-9-12(10(2)17(4)16-9)8-15-21(18,19)13-6-5-11(20-13)7-14-3/h5-6,14-15H,7-8H2,1-4H3. The van der Waals surface area contributed by atoms with Crippen molar-refractivity contribution in [3.05, 3.63) is 34.8 Å². The number of nitrogens with zero attached hydrogens (tertiary/aromatic N) is 2. The molecule has 0 spiro atoms. The molecule has 0 bridgehead atoms. The van der Waals surface area contributed by atoms with Crippen LogP contribution < -0.4 is 10.0 Å². The van der Waals surface area contributed by atoms with Crippen molar-refractivity contribution in [3.8, 4) is 0 Å². The number of aromatic nitrogens is 2. The minimum atomic E-state index is -3.66. The molecule has 2 aromatic rings. The molecule has 2 aromatic heterocycles. The van der Waals surface area contributed by atoms with Crippen LogP contribution in [-0.4, -0.2) is 25.2 Å². The van der Waals surface area contributed by atoms with Crippen molar-refractivity contribution in [2.24, 2.45) is 7.05 Å². The number of rotatable bonds is 6. The first-order chi connectivity index (χ1) is 9.85. The summed E-state index contributed by atoms with van der Waals surface area (Å²) in [6, 6.07) is 3.10. The molecule has 0 fully saturated rings. The summed E-state index contributed by atoms with van der Waals surface area (Å²) >= 11 is 0. The molecule has 0 atom stereocenters. The van der Waals surface area contributed by atoms with Gasteiger partial charge in [-0.3, -0.25) is 4.68 Å². The van der Waals surface area contributed by atoms with E-state index in [0.29, 0.717) is 12.3 Å². The lowest BCUT2D eigenvalue weighted by atomic mass is 10.2. The van der Waals surface area contributed by atoms with Gasteiger partial charge in [0.2, 0.25) is 5.09 Å². The van der Waals surface area contributed by atoms with Crippen molar-refractivity contribution in [1.82, 2.24) is 19.8 Å². The molecule has 7 nitrogen and oxygen atoms in total. The Morgan fingerprint density at radius 2 is 2.00 bits per heavy atom. The van der Waals surface area contributed by atoms with Crippen LogP contribution in [0.4, 0.5) is 0 Å². The van der Waals surface area contributed by atoms with Crippen LogP contribution in [0.3, 0.4) is 0 Å². The van der Waals surface area contributed by atoms with E-state index in [9.17, 15) is 8.42 Å². The minimum absolute atomic E-state index is 0.0769. The third-order valence-corrected chi connectivity index (χ3v) is 4.62. The Morgan fingerprint density at radius 3 is 2.57 bits per heavy atom.